The zero-order valence-corrected chi connectivity index (χ0v) is 22.7. The van der Waals surface area contributed by atoms with E-state index in [1.165, 1.54) is 20.2 Å². The second-order valence-electron chi connectivity index (χ2n) is 9.82. The van der Waals surface area contributed by atoms with Crippen molar-refractivity contribution in [2.24, 2.45) is 0 Å². The summed E-state index contributed by atoms with van der Waals surface area (Å²) >= 11 is 0. The predicted molar refractivity (Wildman–Crippen MR) is 146 cm³/mol. The van der Waals surface area contributed by atoms with E-state index in [0.717, 1.165) is 44.2 Å². The van der Waals surface area contributed by atoms with Crippen molar-refractivity contribution in [3.05, 3.63) is 59.7 Å². The summed E-state index contributed by atoms with van der Waals surface area (Å²) in [5.41, 5.74) is 3.55. The molecule has 1 amide bonds. The first-order valence-corrected chi connectivity index (χ1v) is 13.9. The average molecular weight is 549 g/mol. The number of amides is 1. The van der Waals surface area contributed by atoms with Gasteiger partial charge in [0.15, 0.2) is 10.8 Å². The van der Waals surface area contributed by atoms with Crippen molar-refractivity contribution in [1.29, 1.82) is 0 Å². The molecule has 1 aliphatic carbocycles. The van der Waals surface area contributed by atoms with Gasteiger partial charge in [-0.1, -0.05) is 6.07 Å². The lowest BCUT2D eigenvalue weighted by Crippen LogP contribution is -2.23. The highest BCUT2D eigenvalue weighted by Gasteiger charge is 2.65. The number of pyridine rings is 1. The molecule has 2 aromatic carbocycles. The summed E-state index contributed by atoms with van der Waals surface area (Å²) in [5, 5.41) is 14.5. The number of nitrogens with zero attached hydrogens (tertiary/aromatic N) is 3. The maximum Gasteiger partial charge on any atom is 0.260 e. The molecule has 1 spiro atoms. The van der Waals surface area contributed by atoms with Crippen molar-refractivity contribution in [3.8, 4) is 11.6 Å². The largest absolute Gasteiger partial charge is 0.497 e. The van der Waals surface area contributed by atoms with E-state index in [1.54, 1.807) is 20.1 Å². The molecule has 2 aliphatic rings. The van der Waals surface area contributed by atoms with Crippen LogP contribution in [0.15, 0.2) is 53.6 Å². The number of hydrogen-bond donors (Lipinski definition) is 3. The Morgan fingerprint density at radius 3 is 2.72 bits per heavy atom. The van der Waals surface area contributed by atoms with Crippen LogP contribution in [-0.2, 0) is 20.2 Å². The van der Waals surface area contributed by atoms with Gasteiger partial charge in [0.2, 0.25) is 11.8 Å². The summed E-state index contributed by atoms with van der Waals surface area (Å²) in [7, 11) is 0.803. The number of rotatable bonds is 8. The number of anilines is 3. The number of carbonyl (C=O) groups excluding carboxylic acids is 1. The summed E-state index contributed by atoms with van der Waals surface area (Å²) < 4.78 is 37.2. The Morgan fingerprint density at radius 1 is 1.15 bits per heavy atom. The van der Waals surface area contributed by atoms with Gasteiger partial charge in [0.25, 0.3) is 10.0 Å². The standard InChI is InChI=1S/C27H28N6O5S/c1-5-38-25-21(10-11-23(30-25)39(35,36)33(2)3)28-24-17-8-6-15(12-22(17)31-32-24)19-14-27(19)18-13-16(37-4)7-9-20(18)29-26(27)34/h6-13,19H,5,14H2,1-4H3,(H,29,34)(H2,28,31,32)/t19-,27-/m0/s1. The molecule has 2 aromatic heterocycles. The topological polar surface area (TPSA) is 139 Å². The highest BCUT2D eigenvalue weighted by atomic mass is 32.2. The van der Waals surface area contributed by atoms with E-state index in [1.807, 2.05) is 36.4 Å². The fourth-order valence-corrected chi connectivity index (χ4v) is 6.08. The van der Waals surface area contributed by atoms with Gasteiger partial charge in [0.05, 0.1) is 24.6 Å². The van der Waals surface area contributed by atoms with Crippen LogP contribution in [0.1, 0.15) is 30.4 Å². The van der Waals surface area contributed by atoms with E-state index in [2.05, 4.69) is 25.8 Å². The Labute approximate surface area is 225 Å². The number of aromatic amines is 1. The minimum Gasteiger partial charge on any atom is -0.497 e. The molecule has 39 heavy (non-hydrogen) atoms. The monoisotopic (exact) mass is 548 g/mol. The quantitative estimate of drug-likeness (QED) is 0.303. The number of nitrogens with one attached hydrogen (secondary N) is 3. The number of fused-ring (bicyclic) bond motifs is 3. The van der Waals surface area contributed by atoms with E-state index >= 15 is 0 Å². The molecule has 0 bridgehead atoms. The first kappa shape index (κ1) is 25.1. The van der Waals surface area contributed by atoms with Gasteiger partial charge >= 0.3 is 0 Å². The second kappa shape index (κ2) is 8.95. The number of benzene rings is 2. The van der Waals surface area contributed by atoms with E-state index in [9.17, 15) is 13.2 Å². The number of carbonyl (C=O) groups is 1. The normalized spacial score (nSPS) is 19.8. The molecule has 0 unspecified atom stereocenters. The average Bonchev–Trinajstić information content (AvgIpc) is 3.47. The first-order valence-electron chi connectivity index (χ1n) is 12.5. The van der Waals surface area contributed by atoms with Gasteiger partial charge in [-0.05, 0) is 66.9 Å². The van der Waals surface area contributed by atoms with Gasteiger partial charge in [-0.15, -0.1) is 0 Å². The number of H-pyrrole nitrogens is 1. The van der Waals surface area contributed by atoms with Crippen LogP contribution in [0.5, 0.6) is 11.6 Å². The Hall–Kier alpha value is -4.16. The molecule has 4 aromatic rings. The fraction of sp³-hybridized carbons (Fsp3) is 0.296. The Kier molecular flexibility index (Phi) is 5.77. The van der Waals surface area contributed by atoms with Gasteiger partial charge in [0.1, 0.15) is 11.4 Å². The second-order valence-corrected chi connectivity index (χ2v) is 11.9. The van der Waals surface area contributed by atoms with E-state index in [-0.39, 0.29) is 22.7 Å². The predicted octanol–water partition coefficient (Wildman–Crippen LogP) is 3.74. The summed E-state index contributed by atoms with van der Waals surface area (Å²) in [5.74, 6) is 1.48. The van der Waals surface area contributed by atoms with Crippen LogP contribution in [0.25, 0.3) is 10.9 Å². The Balaban J connectivity index is 1.29. The van der Waals surface area contributed by atoms with Crippen molar-refractivity contribution in [2.45, 2.75) is 29.7 Å². The van der Waals surface area contributed by atoms with Crippen LogP contribution >= 0.6 is 0 Å². The highest BCUT2D eigenvalue weighted by molar-refractivity contribution is 7.89. The number of methoxy groups -OCH3 is 1. The lowest BCUT2D eigenvalue weighted by atomic mass is 9.91. The zero-order valence-electron chi connectivity index (χ0n) is 21.9. The third-order valence-corrected chi connectivity index (χ3v) is 9.14. The molecule has 3 N–H and O–H groups in total. The van der Waals surface area contributed by atoms with Crippen LogP contribution < -0.4 is 20.1 Å². The molecule has 12 heteroatoms. The molecule has 1 saturated carbocycles. The molecule has 11 nitrogen and oxygen atoms in total. The van der Waals surface area contributed by atoms with Crippen molar-refractivity contribution in [1.82, 2.24) is 19.5 Å². The smallest absolute Gasteiger partial charge is 0.260 e. The van der Waals surface area contributed by atoms with Crippen LogP contribution in [0, 0.1) is 0 Å². The number of sulfonamides is 1. The third kappa shape index (κ3) is 3.90. The minimum atomic E-state index is -3.72. The van der Waals surface area contributed by atoms with Crippen LogP contribution in [0.3, 0.4) is 0 Å². The molecule has 6 rings (SSSR count). The van der Waals surface area contributed by atoms with Crippen LogP contribution in [0.4, 0.5) is 17.2 Å². The zero-order chi connectivity index (χ0) is 27.5. The van der Waals surface area contributed by atoms with E-state index < -0.39 is 15.4 Å². The molecule has 0 saturated heterocycles. The molecular formula is C27H28N6O5S. The lowest BCUT2D eigenvalue weighted by molar-refractivity contribution is -0.118. The van der Waals surface area contributed by atoms with Gasteiger partial charge in [-0.3, -0.25) is 9.89 Å². The molecule has 2 atom stereocenters. The number of hydrogen-bond acceptors (Lipinski definition) is 8. The van der Waals surface area contributed by atoms with Gasteiger partial charge in [-0.2, -0.15) is 10.1 Å². The van der Waals surface area contributed by atoms with Crippen LogP contribution in [-0.4, -0.2) is 61.6 Å². The summed E-state index contributed by atoms with van der Waals surface area (Å²) in [6.45, 7) is 2.11. The third-order valence-electron chi connectivity index (χ3n) is 7.42. The minimum absolute atomic E-state index is 0.0125. The van der Waals surface area contributed by atoms with Crippen molar-refractivity contribution >= 4 is 44.0 Å². The number of aromatic nitrogens is 3. The summed E-state index contributed by atoms with van der Waals surface area (Å²) in [6.07, 6.45) is 0.718. The number of ether oxygens (including phenoxy) is 2. The molecular weight excluding hydrogens is 520 g/mol. The van der Waals surface area contributed by atoms with Gasteiger partial charge in [-0.25, -0.2) is 12.7 Å². The van der Waals surface area contributed by atoms with Crippen molar-refractivity contribution in [2.75, 3.05) is 38.4 Å². The fourth-order valence-electron chi connectivity index (χ4n) is 5.27. The van der Waals surface area contributed by atoms with Crippen molar-refractivity contribution < 1.29 is 22.7 Å². The molecule has 1 aliphatic heterocycles. The summed E-state index contributed by atoms with van der Waals surface area (Å²) in [4.78, 5) is 17.3. The van der Waals surface area contributed by atoms with E-state index in [0.29, 0.717) is 18.1 Å². The van der Waals surface area contributed by atoms with Gasteiger partial charge in [0, 0.05) is 31.1 Å². The Bertz CT molecular complexity index is 1730. The SMILES string of the molecule is CCOc1nc(S(=O)(=O)N(C)C)ccc1Nc1n[nH]c2cc([C@@H]3C[C@@]34C(=O)Nc3ccc(OC)cc34)ccc12. The van der Waals surface area contributed by atoms with Gasteiger partial charge < -0.3 is 20.1 Å². The lowest BCUT2D eigenvalue weighted by Gasteiger charge is -2.14. The molecule has 0 radical (unpaired) electrons. The first-order chi connectivity index (χ1) is 18.7. The Morgan fingerprint density at radius 2 is 1.97 bits per heavy atom. The highest BCUT2D eigenvalue weighted by Crippen LogP contribution is 2.65. The van der Waals surface area contributed by atoms with Crippen molar-refractivity contribution in [3.63, 3.8) is 0 Å². The van der Waals surface area contributed by atoms with E-state index in [4.69, 9.17) is 9.47 Å². The molecule has 1 fully saturated rings. The molecule has 3 heterocycles. The maximum atomic E-state index is 13.0. The van der Waals surface area contributed by atoms with Crippen LogP contribution in [0.2, 0.25) is 0 Å². The maximum absolute atomic E-state index is 13.0. The molecule has 202 valence electrons. The summed E-state index contributed by atoms with van der Waals surface area (Å²) in [6, 6.07) is 14.7.